The van der Waals surface area contributed by atoms with Gasteiger partial charge in [-0.25, -0.2) is 0 Å². The summed E-state index contributed by atoms with van der Waals surface area (Å²) < 4.78 is 15.2. The number of rotatable bonds is 6. The third kappa shape index (κ3) is 3.48. The maximum Gasteiger partial charge on any atom is 0.171 e. The number of ketones is 1. The Bertz CT molecular complexity index is 723. The Kier molecular flexibility index (Phi) is 4.95. The van der Waals surface area contributed by atoms with Crippen LogP contribution in [0.15, 0.2) is 30.3 Å². The van der Waals surface area contributed by atoms with Gasteiger partial charge in [-0.05, 0) is 23.8 Å². The van der Waals surface area contributed by atoms with Gasteiger partial charge in [0.05, 0.1) is 26.9 Å². The molecule has 0 spiro atoms. The Labute approximate surface area is 133 Å². The van der Waals surface area contributed by atoms with Gasteiger partial charge in [0.1, 0.15) is 5.75 Å². The molecule has 6 heteroatoms. The van der Waals surface area contributed by atoms with E-state index in [2.05, 4.69) is 0 Å². The molecule has 0 aromatic heterocycles. The Hall–Kier alpha value is -2.89. The van der Waals surface area contributed by atoms with E-state index in [0.29, 0.717) is 17.1 Å². The lowest BCUT2D eigenvalue weighted by molar-refractivity contribution is 0.0990. The first-order valence-electron chi connectivity index (χ1n) is 6.84. The first-order chi connectivity index (χ1) is 11.0. The monoisotopic (exact) mass is 318 g/mol. The molecule has 0 fully saturated rings. The summed E-state index contributed by atoms with van der Waals surface area (Å²) in [6.45, 7) is 0. The number of aromatic hydroxyl groups is 2. The van der Waals surface area contributed by atoms with Crippen LogP contribution in [0.1, 0.15) is 15.9 Å². The van der Waals surface area contributed by atoms with E-state index < -0.39 is 0 Å². The van der Waals surface area contributed by atoms with Gasteiger partial charge in [-0.1, -0.05) is 6.07 Å². The zero-order valence-electron chi connectivity index (χ0n) is 13.1. The van der Waals surface area contributed by atoms with Crippen LogP contribution in [-0.4, -0.2) is 37.3 Å². The van der Waals surface area contributed by atoms with E-state index in [1.807, 2.05) is 0 Å². The molecular weight excluding hydrogens is 300 g/mol. The summed E-state index contributed by atoms with van der Waals surface area (Å²) in [4.78, 5) is 12.4. The molecular formula is C17H18O6. The first-order valence-corrected chi connectivity index (χ1v) is 6.84. The molecule has 0 aliphatic rings. The number of phenolic OH excluding ortho intramolecular Hbond substituents is 2. The van der Waals surface area contributed by atoms with Crippen molar-refractivity contribution in [2.45, 2.75) is 6.42 Å². The average Bonchev–Trinajstić information content (AvgIpc) is 2.56. The molecule has 0 unspecified atom stereocenters. The molecule has 0 aliphatic carbocycles. The van der Waals surface area contributed by atoms with Crippen LogP contribution in [0.5, 0.6) is 28.7 Å². The minimum absolute atomic E-state index is 0.00216. The number of carbonyl (C=O) groups excluding carboxylic acids is 1. The van der Waals surface area contributed by atoms with Crippen LogP contribution in [0.25, 0.3) is 0 Å². The molecule has 0 saturated heterocycles. The number of hydrogen-bond acceptors (Lipinski definition) is 6. The molecule has 2 rings (SSSR count). The Balaban J connectivity index is 2.30. The molecule has 0 amide bonds. The summed E-state index contributed by atoms with van der Waals surface area (Å²) in [5.41, 5.74) is 0.786. The number of hydrogen-bond donors (Lipinski definition) is 2. The number of Topliss-reactive ketones (excluding diaryl/α,β-unsaturated/α-hetero) is 1. The third-order valence-electron chi connectivity index (χ3n) is 3.41. The molecule has 2 aromatic rings. The summed E-state index contributed by atoms with van der Waals surface area (Å²) in [5.74, 6) is 0.504. The molecule has 2 aromatic carbocycles. The van der Waals surface area contributed by atoms with Crippen molar-refractivity contribution in [3.8, 4) is 28.7 Å². The van der Waals surface area contributed by atoms with E-state index in [4.69, 9.17) is 14.2 Å². The summed E-state index contributed by atoms with van der Waals surface area (Å²) >= 11 is 0. The minimum atomic E-state index is -0.295. The van der Waals surface area contributed by atoms with E-state index >= 15 is 0 Å². The third-order valence-corrected chi connectivity index (χ3v) is 3.41. The van der Waals surface area contributed by atoms with E-state index in [0.717, 1.165) is 0 Å². The van der Waals surface area contributed by atoms with Crippen molar-refractivity contribution >= 4 is 5.78 Å². The van der Waals surface area contributed by atoms with Crippen LogP contribution in [0.3, 0.4) is 0 Å². The van der Waals surface area contributed by atoms with Crippen molar-refractivity contribution in [3.63, 3.8) is 0 Å². The predicted octanol–water partition coefficient (Wildman–Crippen LogP) is 2.55. The molecule has 0 saturated carbocycles. The molecule has 2 N–H and O–H groups in total. The Morgan fingerprint density at radius 2 is 1.48 bits per heavy atom. The van der Waals surface area contributed by atoms with E-state index in [1.165, 1.54) is 39.5 Å². The van der Waals surface area contributed by atoms with E-state index in [1.54, 1.807) is 12.1 Å². The SMILES string of the molecule is COc1cc(CC(=O)c2cc(OC)c(OC)cc2O)ccc1O. The fraction of sp³-hybridized carbons (Fsp3) is 0.235. The maximum absolute atomic E-state index is 12.4. The normalized spacial score (nSPS) is 10.2. The lowest BCUT2D eigenvalue weighted by Gasteiger charge is -2.11. The lowest BCUT2D eigenvalue weighted by Crippen LogP contribution is -2.05. The summed E-state index contributed by atoms with van der Waals surface area (Å²) in [7, 11) is 4.33. The highest BCUT2D eigenvalue weighted by atomic mass is 16.5. The summed E-state index contributed by atoms with van der Waals surface area (Å²) in [5, 5.41) is 19.6. The van der Waals surface area contributed by atoms with E-state index in [-0.39, 0.29) is 35.0 Å². The summed E-state index contributed by atoms with van der Waals surface area (Å²) in [6.07, 6.45) is 0.0414. The largest absolute Gasteiger partial charge is 0.507 e. The van der Waals surface area contributed by atoms with Crippen LogP contribution in [0.2, 0.25) is 0 Å². The quantitative estimate of drug-likeness (QED) is 0.796. The molecule has 0 heterocycles. The Morgan fingerprint density at radius 3 is 2.09 bits per heavy atom. The van der Waals surface area contributed by atoms with Crippen molar-refractivity contribution in [3.05, 3.63) is 41.5 Å². The molecule has 0 aliphatic heterocycles. The fourth-order valence-corrected chi connectivity index (χ4v) is 2.20. The number of ether oxygens (including phenoxy) is 3. The standard InChI is InChI=1S/C17H18O6/c1-21-15-7-10(4-5-12(15)18)6-13(19)11-8-16(22-2)17(23-3)9-14(11)20/h4-5,7-9,18,20H,6H2,1-3H3. The molecule has 0 atom stereocenters. The number of carbonyl (C=O) groups is 1. The fourth-order valence-electron chi connectivity index (χ4n) is 2.20. The highest BCUT2D eigenvalue weighted by Crippen LogP contribution is 2.35. The molecule has 0 radical (unpaired) electrons. The van der Waals surface area contributed by atoms with Gasteiger partial charge in [0.25, 0.3) is 0 Å². The van der Waals surface area contributed by atoms with Crippen molar-refractivity contribution < 1.29 is 29.2 Å². The second-order valence-electron chi connectivity index (χ2n) is 4.83. The van der Waals surface area contributed by atoms with Gasteiger partial charge < -0.3 is 24.4 Å². The van der Waals surface area contributed by atoms with Crippen molar-refractivity contribution in [1.82, 2.24) is 0 Å². The van der Waals surface area contributed by atoms with Gasteiger partial charge in [0.15, 0.2) is 28.8 Å². The van der Waals surface area contributed by atoms with Crippen LogP contribution < -0.4 is 14.2 Å². The first kappa shape index (κ1) is 16.5. The topological polar surface area (TPSA) is 85.2 Å². The van der Waals surface area contributed by atoms with Crippen molar-refractivity contribution in [2.24, 2.45) is 0 Å². The predicted molar refractivity (Wildman–Crippen MR) is 83.9 cm³/mol. The van der Waals surface area contributed by atoms with Gasteiger partial charge in [-0.2, -0.15) is 0 Å². The van der Waals surface area contributed by atoms with Crippen LogP contribution >= 0.6 is 0 Å². The van der Waals surface area contributed by atoms with Crippen LogP contribution in [0, 0.1) is 0 Å². The van der Waals surface area contributed by atoms with Crippen LogP contribution in [0.4, 0.5) is 0 Å². The van der Waals surface area contributed by atoms with Gasteiger partial charge >= 0.3 is 0 Å². The molecule has 0 bridgehead atoms. The number of methoxy groups -OCH3 is 3. The second kappa shape index (κ2) is 6.91. The highest BCUT2D eigenvalue weighted by Gasteiger charge is 2.17. The number of phenols is 2. The van der Waals surface area contributed by atoms with E-state index in [9.17, 15) is 15.0 Å². The summed E-state index contributed by atoms with van der Waals surface area (Å²) in [6, 6.07) is 7.42. The lowest BCUT2D eigenvalue weighted by atomic mass is 10.0. The van der Waals surface area contributed by atoms with Gasteiger partial charge in [-0.3, -0.25) is 4.79 Å². The maximum atomic E-state index is 12.4. The highest BCUT2D eigenvalue weighted by molar-refractivity contribution is 6.00. The Morgan fingerprint density at radius 1 is 0.870 bits per heavy atom. The average molecular weight is 318 g/mol. The van der Waals surface area contributed by atoms with Gasteiger partial charge in [0, 0.05) is 12.5 Å². The molecule has 6 nitrogen and oxygen atoms in total. The van der Waals surface area contributed by atoms with Crippen molar-refractivity contribution in [1.29, 1.82) is 0 Å². The van der Waals surface area contributed by atoms with Gasteiger partial charge in [0.2, 0.25) is 0 Å². The smallest absolute Gasteiger partial charge is 0.171 e. The molecule has 122 valence electrons. The minimum Gasteiger partial charge on any atom is -0.507 e. The molecule has 23 heavy (non-hydrogen) atoms. The van der Waals surface area contributed by atoms with Crippen molar-refractivity contribution in [2.75, 3.05) is 21.3 Å². The van der Waals surface area contributed by atoms with Crippen LogP contribution in [-0.2, 0) is 6.42 Å². The van der Waals surface area contributed by atoms with Gasteiger partial charge in [-0.15, -0.1) is 0 Å². The second-order valence-corrected chi connectivity index (χ2v) is 4.83. The zero-order valence-corrected chi connectivity index (χ0v) is 13.1. The zero-order chi connectivity index (χ0) is 17.0. The number of benzene rings is 2.